The summed E-state index contributed by atoms with van der Waals surface area (Å²) in [4.78, 5) is 12.8. The third kappa shape index (κ3) is 4.51. The Morgan fingerprint density at radius 3 is 2.58 bits per heavy atom. The molecular weight excluding hydrogens is 266 g/mol. The minimum absolute atomic E-state index is 0.0150. The molecule has 0 amide bonds. The van der Waals surface area contributed by atoms with E-state index >= 15 is 0 Å². The van der Waals surface area contributed by atoms with Crippen LogP contribution < -0.4 is 0 Å². The molecule has 19 heavy (non-hydrogen) atoms. The highest BCUT2D eigenvalue weighted by atomic mass is 35.5. The van der Waals surface area contributed by atoms with Crippen molar-refractivity contribution in [2.45, 2.75) is 33.7 Å². The minimum atomic E-state index is -0.824. The Morgan fingerprint density at radius 1 is 1.53 bits per heavy atom. The Balaban J connectivity index is 2.89. The van der Waals surface area contributed by atoms with E-state index in [0.717, 1.165) is 24.4 Å². The van der Waals surface area contributed by atoms with Crippen molar-refractivity contribution in [1.29, 1.82) is 0 Å². The Labute approximate surface area is 119 Å². The zero-order valence-electron chi connectivity index (χ0n) is 12.0. The van der Waals surface area contributed by atoms with Crippen LogP contribution in [0, 0.1) is 5.92 Å². The van der Waals surface area contributed by atoms with Gasteiger partial charge in [-0.2, -0.15) is 5.10 Å². The van der Waals surface area contributed by atoms with Crippen molar-refractivity contribution >= 4 is 17.6 Å². The molecule has 0 aromatic carbocycles. The lowest BCUT2D eigenvalue weighted by Gasteiger charge is -2.22. The van der Waals surface area contributed by atoms with Crippen molar-refractivity contribution in [1.82, 2.24) is 14.7 Å². The number of hydrogen-bond acceptors (Lipinski definition) is 3. The molecule has 0 atom stereocenters. The maximum Gasteiger partial charge on any atom is 0.317 e. The maximum atomic E-state index is 10.9. The predicted octanol–water partition coefficient (Wildman–Crippen LogP) is 2.18. The number of hydrogen-bond donors (Lipinski definition) is 1. The van der Waals surface area contributed by atoms with Crippen LogP contribution in [0.2, 0.25) is 5.02 Å². The number of aromatic nitrogens is 2. The fourth-order valence-electron chi connectivity index (χ4n) is 2.10. The van der Waals surface area contributed by atoms with Crippen LogP contribution in [0.1, 0.15) is 32.2 Å². The van der Waals surface area contributed by atoms with Gasteiger partial charge in [-0.05, 0) is 12.3 Å². The number of nitrogens with zero attached hydrogens (tertiary/aromatic N) is 3. The summed E-state index contributed by atoms with van der Waals surface area (Å²) >= 11 is 6.29. The van der Waals surface area contributed by atoms with E-state index in [4.69, 9.17) is 16.7 Å². The molecule has 0 saturated heterocycles. The van der Waals surface area contributed by atoms with Gasteiger partial charge in [-0.3, -0.25) is 14.4 Å². The SMILES string of the molecule is CCc1nn(C)c(CN(CC(=O)O)CC(C)C)c1Cl. The first-order valence-electron chi connectivity index (χ1n) is 6.49. The van der Waals surface area contributed by atoms with E-state index in [1.807, 2.05) is 18.9 Å². The molecule has 5 nitrogen and oxygen atoms in total. The fourth-order valence-corrected chi connectivity index (χ4v) is 2.45. The average Bonchev–Trinajstić information content (AvgIpc) is 2.54. The number of rotatable bonds is 7. The fraction of sp³-hybridized carbons (Fsp3) is 0.692. The summed E-state index contributed by atoms with van der Waals surface area (Å²) in [6.07, 6.45) is 0.774. The second-order valence-corrected chi connectivity index (χ2v) is 5.52. The Bertz CT molecular complexity index is 443. The standard InChI is InChI=1S/C13H22ClN3O2/c1-5-10-13(14)11(16(4)15-10)7-17(6-9(2)3)8-12(18)19/h9H,5-8H2,1-4H3,(H,18,19). The second kappa shape index (κ2) is 6.91. The highest BCUT2D eigenvalue weighted by Gasteiger charge is 2.18. The summed E-state index contributed by atoms with van der Waals surface area (Å²) in [5, 5.41) is 14.0. The molecule has 0 aliphatic carbocycles. The van der Waals surface area contributed by atoms with Crippen LogP contribution in [0.25, 0.3) is 0 Å². The van der Waals surface area contributed by atoms with Gasteiger partial charge in [0.25, 0.3) is 0 Å². The van der Waals surface area contributed by atoms with Gasteiger partial charge in [-0.1, -0.05) is 32.4 Å². The normalized spacial score (nSPS) is 11.5. The first kappa shape index (κ1) is 16.0. The number of aliphatic carboxylic acids is 1. The van der Waals surface area contributed by atoms with E-state index in [9.17, 15) is 4.79 Å². The number of carboxylic acid groups (broad SMARTS) is 1. The number of carboxylic acids is 1. The van der Waals surface area contributed by atoms with Crippen LogP contribution in [-0.2, 0) is 24.8 Å². The Hall–Kier alpha value is -1.07. The lowest BCUT2D eigenvalue weighted by Crippen LogP contribution is -2.33. The van der Waals surface area contributed by atoms with Crippen molar-refractivity contribution in [3.63, 3.8) is 0 Å². The summed E-state index contributed by atoms with van der Waals surface area (Å²) in [6.45, 7) is 7.37. The molecule has 0 spiro atoms. The summed E-state index contributed by atoms with van der Waals surface area (Å²) in [5.41, 5.74) is 1.74. The van der Waals surface area contributed by atoms with Crippen LogP contribution >= 0.6 is 11.6 Å². The second-order valence-electron chi connectivity index (χ2n) is 5.14. The van der Waals surface area contributed by atoms with Crippen molar-refractivity contribution in [3.05, 3.63) is 16.4 Å². The quantitative estimate of drug-likeness (QED) is 0.835. The number of aryl methyl sites for hydroxylation is 2. The first-order valence-corrected chi connectivity index (χ1v) is 6.87. The topological polar surface area (TPSA) is 58.4 Å². The molecular formula is C13H22ClN3O2. The van der Waals surface area contributed by atoms with Gasteiger partial charge < -0.3 is 5.11 Å². The van der Waals surface area contributed by atoms with Crippen LogP contribution in [-0.4, -0.2) is 38.8 Å². The van der Waals surface area contributed by atoms with E-state index in [2.05, 4.69) is 18.9 Å². The maximum absolute atomic E-state index is 10.9. The zero-order valence-corrected chi connectivity index (χ0v) is 12.7. The van der Waals surface area contributed by atoms with E-state index in [-0.39, 0.29) is 6.54 Å². The van der Waals surface area contributed by atoms with Crippen LogP contribution in [0.3, 0.4) is 0 Å². The number of halogens is 1. The summed E-state index contributed by atoms with van der Waals surface area (Å²) in [7, 11) is 1.84. The van der Waals surface area contributed by atoms with Gasteiger partial charge in [0, 0.05) is 20.1 Å². The van der Waals surface area contributed by atoms with Gasteiger partial charge >= 0.3 is 5.97 Å². The van der Waals surface area contributed by atoms with Gasteiger partial charge in [0.15, 0.2) is 0 Å². The molecule has 0 saturated carbocycles. The summed E-state index contributed by atoms with van der Waals surface area (Å²) < 4.78 is 1.75. The zero-order chi connectivity index (χ0) is 14.6. The smallest absolute Gasteiger partial charge is 0.317 e. The van der Waals surface area contributed by atoms with Gasteiger partial charge in [-0.15, -0.1) is 0 Å². The monoisotopic (exact) mass is 287 g/mol. The Morgan fingerprint density at radius 2 is 2.16 bits per heavy atom. The largest absolute Gasteiger partial charge is 0.480 e. The van der Waals surface area contributed by atoms with E-state index in [0.29, 0.717) is 17.5 Å². The van der Waals surface area contributed by atoms with Crippen molar-refractivity contribution in [3.8, 4) is 0 Å². The molecule has 0 aliphatic rings. The van der Waals surface area contributed by atoms with Crippen LogP contribution in [0.5, 0.6) is 0 Å². The molecule has 1 heterocycles. The lowest BCUT2D eigenvalue weighted by molar-refractivity contribution is -0.138. The van der Waals surface area contributed by atoms with E-state index < -0.39 is 5.97 Å². The molecule has 0 bridgehead atoms. The minimum Gasteiger partial charge on any atom is -0.480 e. The molecule has 0 aliphatic heterocycles. The van der Waals surface area contributed by atoms with Gasteiger partial charge in [-0.25, -0.2) is 0 Å². The third-order valence-electron chi connectivity index (χ3n) is 2.86. The van der Waals surface area contributed by atoms with E-state index in [1.165, 1.54) is 0 Å². The molecule has 0 radical (unpaired) electrons. The first-order chi connectivity index (χ1) is 8.85. The van der Waals surface area contributed by atoms with Crippen molar-refractivity contribution in [2.24, 2.45) is 13.0 Å². The van der Waals surface area contributed by atoms with Crippen molar-refractivity contribution < 1.29 is 9.90 Å². The molecule has 108 valence electrons. The molecule has 0 unspecified atom stereocenters. The molecule has 1 rings (SSSR count). The Kier molecular flexibility index (Phi) is 5.82. The van der Waals surface area contributed by atoms with Gasteiger partial charge in [0.1, 0.15) is 0 Å². The van der Waals surface area contributed by atoms with Crippen LogP contribution in [0.15, 0.2) is 0 Å². The molecule has 1 aromatic rings. The summed E-state index contributed by atoms with van der Waals surface area (Å²) in [6, 6.07) is 0. The molecule has 1 N–H and O–H groups in total. The highest BCUT2D eigenvalue weighted by molar-refractivity contribution is 6.31. The molecule has 6 heteroatoms. The summed E-state index contributed by atoms with van der Waals surface area (Å²) in [5.74, 6) is -0.424. The predicted molar refractivity (Wildman–Crippen MR) is 75.3 cm³/mol. The molecule has 1 aromatic heterocycles. The van der Waals surface area contributed by atoms with Crippen LogP contribution in [0.4, 0.5) is 0 Å². The highest BCUT2D eigenvalue weighted by Crippen LogP contribution is 2.22. The van der Waals surface area contributed by atoms with Gasteiger partial charge in [0.05, 0.1) is 23.0 Å². The average molecular weight is 288 g/mol. The number of carbonyl (C=O) groups is 1. The lowest BCUT2D eigenvalue weighted by atomic mass is 10.2. The van der Waals surface area contributed by atoms with Gasteiger partial charge in [0.2, 0.25) is 0 Å². The van der Waals surface area contributed by atoms with E-state index in [1.54, 1.807) is 4.68 Å². The molecule has 0 fully saturated rings. The third-order valence-corrected chi connectivity index (χ3v) is 3.29. The van der Waals surface area contributed by atoms with Crippen molar-refractivity contribution in [2.75, 3.05) is 13.1 Å².